The van der Waals surface area contributed by atoms with Gasteiger partial charge in [-0.1, -0.05) is 31.5 Å². The molecule has 5 heteroatoms. The van der Waals surface area contributed by atoms with Gasteiger partial charge in [-0.05, 0) is 12.1 Å². The fourth-order valence-electron chi connectivity index (χ4n) is 1.74. The van der Waals surface area contributed by atoms with E-state index < -0.39 is 8.80 Å². The fraction of sp³-hybridized carbons (Fsp3) is 0.538. The van der Waals surface area contributed by atoms with Crippen LogP contribution >= 0.6 is 0 Å². The van der Waals surface area contributed by atoms with Crippen LogP contribution in [0.3, 0.4) is 0 Å². The van der Waals surface area contributed by atoms with Crippen LogP contribution < -0.4 is 4.90 Å². The van der Waals surface area contributed by atoms with E-state index in [0.29, 0.717) is 6.73 Å². The summed E-state index contributed by atoms with van der Waals surface area (Å²) >= 11 is 0. The van der Waals surface area contributed by atoms with Crippen LogP contribution in [0.5, 0.6) is 0 Å². The lowest BCUT2D eigenvalue weighted by atomic mass is 10.3. The molecule has 0 N–H and O–H groups in total. The Morgan fingerprint density at radius 1 is 1.11 bits per heavy atom. The highest BCUT2D eigenvalue weighted by atomic mass is 28.4. The zero-order valence-electron chi connectivity index (χ0n) is 11.7. The highest BCUT2D eigenvalue weighted by Crippen LogP contribution is 2.18. The van der Waals surface area contributed by atoms with Crippen LogP contribution in [0.4, 0.5) is 5.69 Å². The predicted molar refractivity (Wildman–Crippen MR) is 75.7 cm³/mol. The van der Waals surface area contributed by atoms with Gasteiger partial charge in [0.05, 0.1) is 0 Å². The van der Waals surface area contributed by atoms with Crippen LogP contribution in [-0.2, 0) is 13.3 Å². The molecule has 0 aliphatic rings. The Morgan fingerprint density at radius 3 is 2.22 bits per heavy atom. The zero-order chi connectivity index (χ0) is 13.4. The van der Waals surface area contributed by atoms with E-state index in [1.807, 2.05) is 42.3 Å². The molecule has 0 saturated heterocycles. The maximum atomic E-state index is 5.91. The standard InChI is InChI=1S/C13H23NO3Si/c1-5-11-18(15-3,16-4)17-12-14(2)13-9-7-6-8-10-13/h6-10H,5,11-12H2,1-4H3. The van der Waals surface area contributed by atoms with Gasteiger partial charge in [0.15, 0.2) is 0 Å². The number of para-hydroxylation sites is 1. The van der Waals surface area contributed by atoms with Crippen molar-refractivity contribution in [1.82, 2.24) is 0 Å². The van der Waals surface area contributed by atoms with E-state index in [1.54, 1.807) is 14.2 Å². The Kier molecular flexibility index (Phi) is 6.35. The van der Waals surface area contributed by atoms with Gasteiger partial charge in [-0.15, -0.1) is 0 Å². The summed E-state index contributed by atoms with van der Waals surface area (Å²) in [6.07, 6.45) is 0.989. The Labute approximate surface area is 111 Å². The minimum atomic E-state index is -2.48. The monoisotopic (exact) mass is 269 g/mol. The number of anilines is 1. The molecule has 102 valence electrons. The predicted octanol–water partition coefficient (Wildman–Crippen LogP) is 2.74. The lowest BCUT2D eigenvalue weighted by Crippen LogP contribution is -2.46. The molecule has 0 aliphatic carbocycles. The van der Waals surface area contributed by atoms with Gasteiger partial charge in [0.25, 0.3) is 0 Å². The van der Waals surface area contributed by atoms with E-state index >= 15 is 0 Å². The van der Waals surface area contributed by atoms with Crippen LogP contribution in [0.15, 0.2) is 30.3 Å². The van der Waals surface area contributed by atoms with Crippen molar-refractivity contribution in [3.8, 4) is 0 Å². The van der Waals surface area contributed by atoms with Crippen molar-refractivity contribution in [2.75, 3.05) is 32.9 Å². The van der Waals surface area contributed by atoms with E-state index in [-0.39, 0.29) is 0 Å². The van der Waals surface area contributed by atoms with Gasteiger partial charge in [-0.3, -0.25) is 0 Å². The number of hydrogen-bond acceptors (Lipinski definition) is 4. The smallest absolute Gasteiger partial charge is 0.377 e. The molecule has 0 unspecified atom stereocenters. The first kappa shape index (κ1) is 15.2. The van der Waals surface area contributed by atoms with E-state index in [1.165, 1.54) is 0 Å². The van der Waals surface area contributed by atoms with Crippen molar-refractivity contribution in [2.45, 2.75) is 19.4 Å². The quantitative estimate of drug-likeness (QED) is 0.536. The third-order valence-corrected chi connectivity index (χ3v) is 5.78. The first-order valence-electron chi connectivity index (χ1n) is 6.18. The van der Waals surface area contributed by atoms with E-state index in [0.717, 1.165) is 18.2 Å². The molecule has 0 radical (unpaired) electrons. The summed E-state index contributed by atoms with van der Waals surface area (Å²) in [5.74, 6) is 0. The molecule has 4 nitrogen and oxygen atoms in total. The second-order valence-electron chi connectivity index (χ2n) is 4.15. The largest absolute Gasteiger partial charge is 0.501 e. The van der Waals surface area contributed by atoms with Crippen molar-refractivity contribution < 1.29 is 13.3 Å². The molecule has 0 aromatic heterocycles. The molecule has 18 heavy (non-hydrogen) atoms. The van der Waals surface area contributed by atoms with Gasteiger partial charge < -0.3 is 18.2 Å². The second-order valence-corrected chi connectivity index (χ2v) is 7.12. The van der Waals surface area contributed by atoms with Crippen molar-refractivity contribution in [2.24, 2.45) is 0 Å². The van der Waals surface area contributed by atoms with Crippen molar-refractivity contribution >= 4 is 14.5 Å². The Balaban J connectivity index is 2.57. The van der Waals surface area contributed by atoms with Crippen molar-refractivity contribution in [3.05, 3.63) is 30.3 Å². The molecule has 0 atom stereocenters. The molecule has 0 aliphatic heterocycles. The van der Waals surface area contributed by atoms with Gasteiger partial charge >= 0.3 is 8.80 Å². The zero-order valence-corrected chi connectivity index (χ0v) is 12.7. The van der Waals surface area contributed by atoms with Crippen LogP contribution in [0.1, 0.15) is 13.3 Å². The number of nitrogens with zero attached hydrogens (tertiary/aromatic N) is 1. The topological polar surface area (TPSA) is 30.9 Å². The summed E-state index contributed by atoms with van der Waals surface area (Å²) in [6.45, 7) is 2.57. The summed E-state index contributed by atoms with van der Waals surface area (Å²) in [5, 5.41) is 0. The second kappa shape index (κ2) is 7.53. The third-order valence-electron chi connectivity index (χ3n) is 2.85. The van der Waals surface area contributed by atoms with E-state index in [9.17, 15) is 0 Å². The summed E-state index contributed by atoms with van der Waals surface area (Å²) in [5.41, 5.74) is 1.11. The van der Waals surface area contributed by atoms with Crippen LogP contribution in [0, 0.1) is 0 Å². The first-order valence-corrected chi connectivity index (χ1v) is 8.11. The molecule has 0 saturated carbocycles. The SMILES string of the molecule is CCC[Si](OC)(OC)OCN(C)c1ccccc1. The van der Waals surface area contributed by atoms with Crippen molar-refractivity contribution in [3.63, 3.8) is 0 Å². The minimum Gasteiger partial charge on any atom is -0.377 e. The van der Waals surface area contributed by atoms with Crippen LogP contribution in [0.2, 0.25) is 6.04 Å². The van der Waals surface area contributed by atoms with E-state index in [2.05, 4.69) is 6.92 Å². The van der Waals surface area contributed by atoms with Gasteiger partial charge in [-0.25, -0.2) is 0 Å². The molecule has 0 spiro atoms. The first-order chi connectivity index (χ1) is 8.67. The van der Waals surface area contributed by atoms with Gasteiger partial charge in [0.1, 0.15) is 6.73 Å². The molecule has 1 aromatic rings. The summed E-state index contributed by atoms with van der Waals surface area (Å²) in [7, 11) is 2.83. The average molecular weight is 269 g/mol. The molecule has 1 aromatic carbocycles. The molecular formula is C13H23NO3Si. The average Bonchev–Trinajstić information content (AvgIpc) is 2.44. The number of hydrogen-bond donors (Lipinski definition) is 0. The number of rotatable bonds is 8. The summed E-state index contributed by atoms with van der Waals surface area (Å²) in [4.78, 5) is 2.04. The molecule has 0 amide bonds. The third kappa shape index (κ3) is 4.10. The highest BCUT2D eigenvalue weighted by Gasteiger charge is 2.38. The lowest BCUT2D eigenvalue weighted by Gasteiger charge is -2.29. The molecule has 0 fully saturated rings. The molecule has 0 heterocycles. The Bertz CT molecular complexity index is 330. The van der Waals surface area contributed by atoms with Gasteiger partial charge in [0, 0.05) is 33.0 Å². The maximum Gasteiger partial charge on any atom is 0.501 e. The van der Waals surface area contributed by atoms with Crippen LogP contribution in [0.25, 0.3) is 0 Å². The molecule has 0 bridgehead atoms. The van der Waals surface area contributed by atoms with Crippen LogP contribution in [-0.4, -0.2) is 36.8 Å². The summed E-state index contributed by atoms with van der Waals surface area (Å²) in [6, 6.07) is 10.9. The lowest BCUT2D eigenvalue weighted by molar-refractivity contribution is 0.0993. The molecular weight excluding hydrogens is 246 g/mol. The Morgan fingerprint density at radius 2 is 1.72 bits per heavy atom. The van der Waals surface area contributed by atoms with Crippen molar-refractivity contribution in [1.29, 1.82) is 0 Å². The number of benzene rings is 1. The minimum absolute atomic E-state index is 0.470. The van der Waals surface area contributed by atoms with Gasteiger partial charge in [0.2, 0.25) is 0 Å². The Hall–Kier alpha value is -0.883. The maximum absolute atomic E-state index is 5.91. The normalized spacial score (nSPS) is 11.6. The van der Waals surface area contributed by atoms with E-state index in [4.69, 9.17) is 13.3 Å². The molecule has 1 rings (SSSR count). The fourth-order valence-corrected chi connectivity index (χ4v) is 3.69. The van der Waals surface area contributed by atoms with Gasteiger partial charge in [-0.2, -0.15) is 0 Å². The summed E-state index contributed by atoms with van der Waals surface area (Å²) < 4.78 is 16.9. The highest BCUT2D eigenvalue weighted by molar-refractivity contribution is 6.60.